The third-order valence-corrected chi connectivity index (χ3v) is 5.51. The van der Waals surface area contributed by atoms with Crippen molar-refractivity contribution in [2.75, 3.05) is 31.1 Å². The van der Waals surface area contributed by atoms with Gasteiger partial charge in [-0.2, -0.15) is 0 Å². The number of nitrogens with zero attached hydrogens (tertiary/aromatic N) is 5. The second kappa shape index (κ2) is 5.94. The molecule has 0 amide bonds. The Hall–Kier alpha value is -1.92. The fraction of sp³-hybridized carbons (Fsp3) is 0.412. The summed E-state index contributed by atoms with van der Waals surface area (Å²) in [6, 6.07) is 8.34. The fourth-order valence-electron chi connectivity index (χ4n) is 3.12. The van der Waals surface area contributed by atoms with Crippen molar-refractivity contribution in [3.63, 3.8) is 0 Å². The van der Waals surface area contributed by atoms with E-state index in [1.54, 1.807) is 11.3 Å². The maximum absolute atomic E-state index is 4.78. The fourth-order valence-corrected chi connectivity index (χ4v) is 3.98. The Morgan fingerprint density at radius 1 is 1.09 bits per heavy atom. The van der Waals surface area contributed by atoms with Gasteiger partial charge in [-0.3, -0.25) is 4.90 Å². The second-order valence-electron chi connectivity index (χ2n) is 6.11. The Labute approximate surface area is 140 Å². The number of aromatic nitrogens is 3. The SMILES string of the molecule is Cc1csc(N2CCN(Cc3nc4ccccc4n3C)CC2)n1. The topological polar surface area (TPSA) is 37.2 Å². The van der Waals surface area contributed by atoms with Crippen LogP contribution in [-0.2, 0) is 13.6 Å². The number of rotatable bonds is 3. The first kappa shape index (κ1) is 14.7. The number of fused-ring (bicyclic) bond motifs is 1. The molecule has 0 bridgehead atoms. The highest BCUT2D eigenvalue weighted by Crippen LogP contribution is 2.22. The molecule has 23 heavy (non-hydrogen) atoms. The Kier molecular flexibility index (Phi) is 3.79. The van der Waals surface area contributed by atoms with E-state index >= 15 is 0 Å². The normalized spacial score (nSPS) is 16.3. The van der Waals surface area contributed by atoms with Crippen molar-refractivity contribution < 1.29 is 0 Å². The molecule has 0 atom stereocenters. The minimum atomic E-state index is 0.913. The number of aryl methyl sites for hydroxylation is 2. The van der Waals surface area contributed by atoms with Gasteiger partial charge < -0.3 is 9.47 Å². The van der Waals surface area contributed by atoms with Crippen LogP contribution in [0, 0.1) is 6.92 Å². The number of hydrogen-bond acceptors (Lipinski definition) is 5. The van der Waals surface area contributed by atoms with Gasteiger partial charge in [0, 0.05) is 38.6 Å². The summed E-state index contributed by atoms with van der Waals surface area (Å²) in [6.45, 7) is 7.16. The summed E-state index contributed by atoms with van der Waals surface area (Å²) >= 11 is 1.75. The monoisotopic (exact) mass is 327 g/mol. The van der Waals surface area contributed by atoms with Crippen LogP contribution in [0.2, 0.25) is 0 Å². The zero-order chi connectivity index (χ0) is 15.8. The molecule has 5 nitrogen and oxygen atoms in total. The van der Waals surface area contributed by atoms with Crippen molar-refractivity contribution in [2.45, 2.75) is 13.5 Å². The molecule has 0 unspecified atom stereocenters. The van der Waals surface area contributed by atoms with Crippen molar-refractivity contribution in [1.82, 2.24) is 19.4 Å². The number of hydrogen-bond donors (Lipinski definition) is 0. The van der Waals surface area contributed by atoms with Gasteiger partial charge in [-0.1, -0.05) is 12.1 Å². The predicted molar refractivity (Wildman–Crippen MR) is 95.1 cm³/mol. The quantitative estimate of drug-likeness (QED) is 0.741. The maximum atomic E-state index is 4.78. The van der Waals surface area contributed by atoms with Crippen LogP contribution in [0.4, 0.5) is 5.13 Å². The van der Waals surface area contributed by atoms with Gasteiger partial charge in [-0.25, -0.2) is 9.97 Å². The summed E-state index contributed by atoms with van der Waals surface area (Å²) in [5, 5.41) is 3.28. The van der Waals surface area contributed by atoms with Crippen molar-refractivity contribution in [2.24, 2.45) is 7.05 Å². The summed E-state index contributed by atoms with van der Waals surface area (Å²) in [4.78, 5) is 14.3. The van der Waals surface area contributed by atoms with Crippen LogP contribution >= 0.6 is 11.3 Å². The van der Waals surface area contributed by atoms with Gasteiger partial charge in [0.25, 0.3) is 0 Å². The molecule has 120 valence electrons. The van der Waals surface area contributed by atoms with Crippen LogP contribution in [0.3, 0.4) is 0 Å². The van der Waals surface area contributed by atoms with Crippen molar-refractivity contribution >= 4 is 27.5 Å². The largest absolute Gasteiger partial charge is 0.346 e. The Balaban J connectivity index is 1.43. The standard InChI is InChI=1S/C17H21N5S/c1-13-12-23-17(18-13)22-9-7-21(8-10-22)11-16-19-14-5-3-4-6-15(14)20(16)2/h3-6,12H,7-11H2,1-2H3. The van der Waals surface area contributed by atoms with Crippen molar-refractivity contribution in [1.29, 1.82) is 0 Å². The Morgan fingerprint density at radius 3 is 2.57 bits per heavy atom. The highest BCUT2D eigenvalue weighted by molar-refractivity contribution is 7.13. The molecule has 1 aliphatic rings. The lowest BCUT2D eigenvalue weighted by atomic mass is 10.3. The highest BCUT2D eigenvalue weighted by atomic mass is 32.1. The number of thiazole rings is 1. The van der Waals surface area contributed by atoms with E-state index in [9.17, 15) is 0 Å². The van der Waals surface area contributed by atoms with Crippen molar-refractivity contribution in [3.05, 3.63) is 41.2 Å². The van der Waals surface area contributed by atoms with E-state index in [1.807, 2.05) is 6.07 Å². The van der Waals surface area contributed by atoms with Crippen LogP contribution in [0.25, 0.3) is 11.0 Å². The number of anilines is 1. The summed E-state index contributed by atoms with van der Waals surface area (Å²) < 4.78 is 2.21. The zero-order valence-electron chi connectivity index (χ0n) is 13.6. The van der Waals surface area contributed by atoms with Crippen LogP contribution < -0.4 is 4.90 Å². The average molecular weight is 327 g/mol. The van der Waals surface area contributed by atoms with Crippen LogP contribution in [0.15, 0.2) is 29.6 Å². The van der Waals surface area contributed by atoms with E-state index in [-0.39, 0.29) is 0 Å². The molecule has 6 heteroatoms. The van der Waals surface area contributed by atoms with E-state index in [0.717, 1.165) is 54.9 Å². The number of benzene rings is 1. The minimum absolute atomic E-state index is 0.913. The molecule has 0 saturated carbocycles. The van der Waals surface area contributed by atoms with Gasteiger partial charge in [0.05, 0.1) is 23.3 Å². The average Bonchev–Trinajstić information content (AvgIpc) is 3.13. The van der Waals surface area contributed by atoms with E-state index < -0.39 is 0 Å². The van der Waals surface area contributed by atoms with E-state index in [2.05, 4.69) is 56.9 Å². The number of para-hydroxylation sites is 2. The summed E-state index contributed by atoms with van der Waals surface area (Å²) in [7, 11) is 2.11. The highest BCUT2D eigenvalue weighted by Gasteiger charge is 2.20. The summed E-state index contributed by atoms with van der Waals surface area (Å²) in [5.41, 5.74) is 3.41. The van der Waals surface area contributed by atoms with Gasteiger partial charge in [-0.15, -0.1) is 11.3 Å². The third kappa shape index (κ3) is 2.84. The number of piperazine rings is 1. The Bertz CT molecular complexity index is 813. The molecular weight excluding hydrogens is 306 g/mol. The number of imidazole rings is 1. The predicted octanol–water partition coefficient (Wildman–Crippen LogP) is 2.66. The molecule has 2 aromatic heterocycles. The van der Waals surface area contributed by atoms with Gasteiger partial charge in [0.2, 0.25) is 0 Å². The van der Waals surface area contributed by atoms with Gasteiger partial charge >= 0.3 is 0 Å². The molecule has 1 aromatic carbocycles. The molecule has 0 radical (unpaired) electrons. The molecule has 0 N–H and O–H groups in total. The first-order chi connectivity index (χ1) is 11.2. The molecule has 4 rings (SSSR count). The lowest BCUT2D eigenvalue weighted by Gasteiger charge is -2.34. The van der Waals surface area contributed by atoms with Crippen LogP contribution in [0.1, 0.15) is 11.5 Å². The van der Waals surface area contributed by atoms with Crippen LogP contribution in [-0.4, -0.2) is 45.6 Å². The summed E-state index contributed by atoms with van der Waals surface area (Å²) in [6.07, 6.45) is 0. The lowest BCUT2D eigenvalue weighted by molar-refractivity contribution is 0.242. The van der Waals surface area contributed by atoms with E-state index in [1.165, 1.54) is 5.52 Å². The van der Waals surface area contributed by atoms with E-state index in [4.69, 9.17) is 4.98 Å². The molecule has 3 aromatic rings. The third-order valence-electron chi connectivity index (χ3n) is 4.49. The van der Waals surface area contributed by atoms with E-state index in [0.29, 0.717) is 0 Å². The van der Waals surface area contributed by atoms with Crippen LogP contribution in [0.5, 0.6) is 0 Å². The molecule has 0 spiro atoms. The molecule has 0 aliphatic carbocycles. The molecule has 1 saturated heterocycles. The maximum Gasteiger partial charge on any atom is 0.185 e. The molecule has 1 fully saturated rings. The van der Waals surface area contributed by atoms with Crippen molar-refractivity contribution in [3.8, 4) is 0 Å². The lowest BCUT2D eigenvalue weighted by Crippen LogP contribution is -2.46. The Morgan fingerprint density at radius 2 is 1.87 bits per heavy atom. The first-order valence-electron chi connectivity index (χ1n) is 8.00. The minimum Gasteiger partial charge on any atom is -0.346 e. The molecule has 3 heterocycles. The second-order valence-corrected chi connectivity index (χ2v) is 6.95. The zero-order valence-corrected chi connectivity index (χ0v) is 14.4. The molecule has 1 aliphatic heterocycles. The smallest absolute Gasteiger partial charge is 0.185 e. The van der Waals surface area contributed by atoms with Gasteiger partial charge in [0.1, 0.15) is 5.82 Å². The van der Waals surface area contributed by atoms with Gasteiger partial charge in [-0.05, 0) is 19.1 Å². The van der Waals surface area contributed by atoms with Gasteiger partial charge in [0.15, 0.2) is 5.13 Å². The molecular formula is C17H21N5S. The first-order valence-corrected chi connectivity index (χ1v) is 8.88. The summed E-state index contributed by atoms with van der Waals surface area (Å²) in [5.74, 6) is 1.14.